The van der Waals surface area contributed by atoms with Crippen LogP contribution in [-0.2, 0) is 6.54 Å². The van der Waals surface area contributed by atoms with E-state index in [1.165, 1.54) is 0 Å². The Labute approximate surface area is 105 Å². The Balaban J connectivity index is 1.81. The van der Waals surface area contributed by atoms with Crippen LogP contribution in [0.25, 0.3) is 0 Å². The summed E-state index contributed by atoms with van der Waals surface area (Å²) >= 11 is 0. The van der Waals surface area contributed by atoms with Gasteiger partial charge in [0.05, 0.1) is 11.4 Å². The highest BCUT2D eigenvalue weighted by atomic mass is 15.8. The quantitative estimate of drug-likeness (QED) is 0.780. The average Bonchev–Trinajstić information content (AvgIpc) is 2.84. The lowest BCUT2D eigenvalue weighted by Gasteiger charge is -2.21. The molecule has 0 unspecified atom stereocenters. The zero-order valence-corrected chi connectivity index (χ0v) is 9.69. The number of anilines is 1. The first kappa shape index (κ1) is 10.6. The maximum atomic E-state index is 8.62. The molecule has 2 aliphatic rings. The number of nitrogens with one attached hydrogen (secondary N) is 1. The molecule has 1 aromatic rings. The Bertz CT molecular complexity index is 576. The number of hydrogen-bond acceptors (Lipinski definition) is 4. The SMILES string of the molecule is N#CC[n+]1ccc(N2C=C3C=CC=CN3N2)cc1. The van der Waals surface area contributed by atoms with E-state index in [-0.39, 0.29) is 0 Å². The van der Waals surface area contributed by atoms with Crippen molar-refractivity contribution in [1.82, 2.24) is 10.5 Å². The molecule has 0 amide bonds. The molecule has 0 bridgehead atoms. The van der Waals surface area contributed by atoms with Gasteiger partial charge in [0.15, 0.2) is 12.4 Å². The number of nitriles is 1. The minimum Gasteiger partial charge on any atom is -0.265 e. The number of rotatable bonds is 2. The van der Waals surface area contributed by atoms with Crippen molar-refractivity contribution in [3.63, 3.8) is 0 Å². The van der Waals surface area contributed by atoms with Crippen molar-refractivity contribution in [3.8, 4) is 6.07 Å². The van der Waals surface area contributed by atoms with Crippen LogP contribution < -0.4 is 15.1 Å². The second-order valence-electron chi connectivity index (χ2n) is 3.98. The van der Waals surface area contributed by atoms with Crippen molar-refractivity contribution in [2.75, 3.05) is 5.01 Å². The number of allylic oxidation sites excluding steroid dienone is 3. The van der Waals surface area contributed by atoms with Gasteiger partial charge in [0.25, 0.3) is 0 Å². The first-order valence-electron chi connectivity index (χ1n) is 5.64. The molecule has 0 saturated heterocycles. The van der Waals surface area contributed by atoms with Gasteiger partial charge >= 0.3 is 0 Å². The Morgan fingerprint density at radius 1 is 1.22 bits per heavy atom. The number of pyridine rings is 1. The standard InChI is InChI=1S/C13H12N5/c14-6-10-16-8-4-12(5-9-16)18-11-13-3-1-2-7-17(13)15-18/h1-5,7-9,11,15H,10H2/q+1. The van der Waals surface area contributed by atoms with Crippen molar-refractivity contribution < 1.29 is 4.57 Å². The van der Waals surface area contributed by atoms with E-state index in [9.17, 15) is 0 Å². The van der Waals surface area contributed by atoms with Gasteiger partial charge in [-0.3, -0.25) is 10.0 Å². The fourth-order valence-corrected chi connectivity index (χ4v) is 1.86. The summed E-state index contributed by atoms with van der Waals surface area (Å²) in [6.07, 6.45) is 13.8. The fraction of sp³-hybridized carbons (Fsp3) is 0.0769. The number of hydrogen-bond donors (Lipinski definition) is 1. The zero-order chi connectivity index (χ0) is 12.4. The van der Waals surface area contributed by atoms with E-state index in [1.807, 2.05) is 69.7 Å². The molecule has 0 spiro atoms. The average molecular weight is 238 g/mol. The van der Waals surface area contributed by atoms with Gasteiger partial charge in [-0.15, -0.1) is 5.53 Å². The van der Waals surface area contributed by atoms with E-state index in [0.29, 0.717) is 6.54 Å². The van der Waals surface area contributed by atoms with E-state index in [1.54, 1.807) is 0 Å². The molecule has 5 nitrogen and oxygen atoms in total. The predicted octanol–water partition coefficient (Wildman–Crippen LogP) is 0.964. The van der Waals surface area contributed by atoms with Crippen molar-refractivity contribution in [1.29, 1.82) is 5.26 Å². The van der Waals surface area contributed by atoms with Gasteiger partial charge in [-0.25, -0.2) is 0 Å². The second-order valence-corrected chi connectivity index (χ2v) is 3.98. The molecule has 0 aromatic carbocycles. The summed E-state index contributed by atoms with van der Waals surface area (Å²) in [5, 5.41) is 12.5. The van der Waals surface area contributed by atoms with Crippen LogP contribution in [0.2, 0.25) is 0 Å². The minimum atomic E-state index is 0.367. The number of aromatic nitrogens is 1. The molecule has 18 heavy (non-hydrogen) atoms. The lowest BCUT2D eigenvalue weighted by molar-refractivity contribution is -0.685. The van der Waals surface area contributed by atoms with Crippen LogP contribution in [-0.4, -0.2) is 5.01 Å². The maximum Gasteiger partial charge on any atom is 0.233 e. The van der Waals surface area contributed by atoms with Crippen molar-refractivity contribution in [2.24, 2.45) is 0 Å². The van der Waals surface area contributed by atoms with Gasteiger partial charge < -0.3 is 0 Å². The molecule has 0 radical (unpaired) electrons. The third kappa shape index (κ3) is 1.85. The molecule has 0 fully saturated rings. The van der Waals surface area contributed by atoms with E-state index in [0.717, 1.165) is 11.4 Å². The third-order valence-electron chi connectivity index (χ3n) is 2.77. The molecule has 88 valence electrons. The van der Waals surface area contributed by atoms with Crippen molar-refractivity contribution in [2.45, 2.75) is 6.54 Å². The molecule has 1 N–H and O–H groups in total. The topological polar surface area (TPSA) is 46.2 Å². The molecule has 0 saturated carbocycles. The van der Waals surface area contributed by atoms with Crippen molar-refractivity contribution >= 4 is 5.69 Å². The van der Waals surface area contributed by atoms with E-state index < -0.39 is 0 Å². The van der Waals surface area contributed by atoms with Crippen LogP contribution in [0.4, 0.5) is 5.69 Å². The molecular weight excluding hydrogens is 226 g/mol. The zero-order valence-electron chi connectivity index (χ0n) is 9.69. The lowest BCUT2D eigenvalue weighted by atomic mass is 10.3. The minimum absolute atomic E-state index is 0.367. The highest BCUT2D eigenvalue weighted by molar-refractivity contribution is 5.49. The summed E-state index contributed by atoms with van der Waals surface area (Å²) in [6.45, 7) is 0.367. The van der Waals surface area contributed by atoms with Crippen LogP contribution in [0.3, 0.4) is 0 Å². The third-order valence-corrected chi connectivity index (χ3v) is 2.77. The summed E-state index contributed by atoms with van der Waals surface area (Å²) < 4.78 is 1.83. The van der Waals surface area contributed by atoms with Gasteiger partial charge in [0.2, 0.25) is 6.54 Å². The van der Waals surface area contributed by atoms with Crippen LogP contribution in [0.1, 0.15) is 0 Å². The fourth-order valence-electron chi connectivity index (χ4n) is 1.86. The predicted molar refractivity (Wildman–Crippen MR) is 66.1 cm³/mol. The molecule has 2 aliphatic heterocycles. The Kier molecular flexibility index (Phi) is 2.56. The van der Waals surface area contributed by atoms with E-state index >= 15 is 0 Å². The van der Waals surface area contributed by atoms with Gasteiger partial charge in [-0.2, -0.15) is 9.83 Å². The molecule has 3 rings (SSSR count). The number of nitrogens with zero attached hydrogens (tertiary/aromatic N) is 4. The number of fused-ring (bicyclic) bond motifs is 1. The molecule has 0 atom stereocenters. The van der Waals surface area contributed by atoms with Crippen LogP contribution in [0.5, 0.6) is 0 Å². The summed E-state index contributed by atoms with van der Waals surface area (Å²) in [5.41, 5.74) is 5.33. The normalized spacial score (nSPS) is 16.5. The molecular formula is C13H12N5+. The van der Waals surface area contributed by atoms with Gasteiger partial charge in [0.1, 0.15) is 6.07 Å². The number of hydrazine groups is 2. The Morgan fingerprint density at radius 2 is 2.06 bits per heavy atom. The van der Waals surface area contributed by atoms with Gasteiger partial charge in [-0.05, 0) is 12.2 Å². The molecule has 5 heteroatoms. The molecule has 1 aromatic heterocycles. The first-order valence-corrected chi connectivity index (χ1v) is 5.64. The van der Waals surface area contributed by atoms with Crippen LogP contribution in [0.15, 0.2) is 60.9 Å². The summed E-state index contributed by atoms with van der Waals surface area (Å²) in [4.78, 5) is 0. The summed E-state index contributed by atoms with van der Waals surface area (Å²) in [5.74, 6) is 0. The van der Waals surface area contributed by atoms with Crippen molar-refractivity contribution in [3.05, 3.63) is 60.9 Å². The highest BCUT2D eigenvalue weighted by Gasteiger charge is 2.19. The summed E-state index contributed by atoms with van der Waals surface area (Å²) in [6, 6.07) is 6.04. The smallest absolute Gasteiger partial charge is 0.233 e. The molecule has 3 heterocycles. The maximum absolute atomic E-state index is 8.62. The highest BCUT2D eigenvalue weighted by Crippen LogP contribution is 2.21. The second kappa shape index (κ2) is 4.35. The Morgan fingerprint density at radius 3 is 2.78 bits per heavy atom. The van der Waals surface area contributed by atoms with Crippen LogP contribution in [0, 0.1) is 11.3 Å². The van der Waals surface area contributed by atoms with E-state index in [4.69, 9.17) is 5.26 Å². The monoisotopic (exact) mass is 238 g/mol. The largest absolute Gasteiger partial charge is 0.265 e. The van der Waals surface area contributed by atoms with E-state index in [2.05, 4.69) is 11.6 Å². The summed E-state index contributed by atoms with van der Waals surface area (Å²) in [7, 11) is 0. The lowest BCUT2D eigenvalue weighted by Crippen LogP contribution is -2.38. The van der Waals surface area contributed by atoms with Gasteiger partial charge in [0, 0.05) is 24.5 Å². The molecule has 0 aliphatic carbocycles. The first-order chi connectivity index (χ1) is 8.86. The Hall–Kier alpha value is -2.58. The van der Waals surface area contributed by atoms with Gasteiger partial charge in [-0.1, -0.05) is 6.08 Å². The van der Waals surface area contributed by atoms with Crippen LogP contribution >= 0.6 is 0 Å².